The minimum Gasteiger partial charge on any atom is -0.457 e. The number of nitrogens with zero attached hydrogens (tertiary/aromatic N) is 1. The Balaban J connectivity index is 1.48. The van der Waals surface area contributed by atoms with Crippen LogP contribution in [0.3, 0.4) is 0 Å². The van der Waals surface area contributed by atoms with Crippen LogP contribution in [0.4, 0.5) is 17.6 Å². The molecule has 1 saturated heterocycles. The summed E-state index contributed by atoms with van der Waals surface area (Å²) in [6.45, 7) is 2.84. The van der Waals surface area contributed by atoms with Gasteiger partial charge in [-0.15, -0.1) is 0 Å². The van der Waals surface area contributed by atoms with Crippen LogP contribution in [0.1, 0.15) is 29.5 Å². The minimum atomic E-state index is -4.75. The topological polar surface area (TPSA) is 41.6 Å². The summed E-state index contributed by atoms with van der Waals surface area (Å²) >= 11 is 0. The molecule has 2 aliphatic rings. The highest BCUT2D eigenvalue weighted by Crippen LogP contribution is 2.34. The Morgan fingerprint density at radius 2 is 1.73 bits per heavy atom. The van der Waals surface area contributed by atoms with Gasteiger partial charge >= 0.3 is 6.18 Å². The quantitative estimate of drug-likeness (QED) is 0.740. The van der Waals surface area contributed by atoms with Gasteiger partial charge in [0.15, 0.2) is 0 Å². The molecule has 1 N–H and O–H groups in total. The molecule has 1 amide bonds. The third-order valence-corrected chi connectivity index (χ3v) is 5.67. The Kier molecular flexibility index (Phi) is 5.69. The van der Waals surface area contributed by atoms with Crippen LogP contribution >= 0.6 is 0 Å². The van der Waals surface area contributed by atoms with E-state index < -0.39 is 17.6 Å². The molecule has 30 heavy (non-hydrogen) atoms. The zero-order valence-corrected chi connectivity index (χ0v) is 16.3. The van der Waals surface area contributed by atoms with Gasteiger partial charge in [-0.05, 0) is 67.7 Å². The third-order valence-electron chi connectivity index (χ3n) is 5.67. The number of nitrogens with one attached hydrogen (secondary N) is 1. The SMILES string of the molecule is O=C(C1CCNCC1)N1CCc2ccc(Oc3ccc(C(F)(F)F)c(F)c3)cc2C1. The first-order valence-electron chi connectivity index (χ1n) is 9.97. The fraction of sp³-hybridized carbons (Fsp3) is 0.409. The zero-order chi connectivity index (χ0) is 21.3. The number of amides is 1. The average molecular weight is 422 g/mol. The standard InChI is InChI=1S/C22H22F4N2O2/c23-20-12-18(3-4-19(20)22(24,25)26)30-17-2-1-14-7-10-28(13-16(14)11-17)21(29)15-5-8-27-9-6-15/h1-4,11-12,15,27H,5-10,13H2. The van der Waals surface area contributed by atoms with Gasteiger partial charge in [-0.1, -0.05) is 6.07 Å². The van der Waals surface area contributed by atoms with Crippen molar-refractivity contribution in [3.63, 3.8) is 0 Å². The monoisotopic (exact) mass is 422 g/mol. The van der Waals surface area contributed by atoms with E-state index >= 15 is 0 Å². The van der Waals surface area contributed by atoms with Gasteiger partial charge in [-0.3, -0.25) is 4.79 Å². The van der Waals surface area contributed by atoms with E-state index in [1.165, 1.54) is 0 Å². The maximum atomic E-state index is 13.8. The number of hydrogen-bond acceptors (Lipinski definition) is 3. The molecular formula is C22H22F4N2O2. The molecule has 0 atom stereocenters. The van der Waals surface area contributed by atoms with Crippen molar-refractivity contribution in [3.8, 4) is 11.5 Å². The van der Waals surface area contributed by atoms with Crippen LogP contribution in [0.5, 0.6) is 11.5 Å². The van der Waals surface area contributed by atoms with Crippen molar-refractivity contribution in [2.45, 2.75) is 32.0 Å². The lowest BCUT2D eigenvalue weighted by atomic mass is 9.94. The second-order valence-electron chi connectivity index (χ2n) is 7.71. The Hall–Kier alpha value is -2.61. The molecule has 2 aliphatic heterocycles. The first-order chi connectivity index (χ1) is 14.3. The van der Waals surface area contributed by atoms with Gasteiger partial charge in [0.1, 0.15) is 17.3 Å². The molecule has 4 rings (SSSR count). The van der Waals surface area contributed by atoms with E-state index in [0.717, 1.165) is 55.6 Å². The van der Waals surface area contributed by atoms with E-state index in [2.05, 4.69) is 5.32 Å². The van der Waals surface area contributed by atoms with Crippen LogP contribution in [0, 0.1) is 11.7 Å². The largest absolute Gasteiger partial charge is 0.457 e. The lowest BCUT2D eigenvalue weighted by Crippen LogP contribution is -2.43. The van der Waals surface area contributed by atoms with Crippen molar-refractivity contribution >= 4 is 5.91 Å². The summed E-state index contributed by atoms with van der Waals surface area (Å²) in [4.78, 5) is 14.7. The highest BCUT2D eigenvalue weighted by molar-refractivity contribution is 5.79. The number of fused-ring (bicyclic) bond motifs is 1. The third kappa shape index (κ3) is 4.43. The number of halogens is 4. The van der Waals surface area contributed by atoms with E-state index in [1.54, 1.807) is 12.1 Å². The first-order valence-corrected chi connectivity index (χ1v) is 9.97. The molecule has 8 heteroatoms. The van der Waals surface area contributed by atoms with Crippen LogP contribution in [-0.2, 0) is 23.9 Å². The van der Waals surface area contributed by atoms with Gasteiger partial charge in [0.25, 0.3) is 0 Å². The first kappa shape index (κ1) is 20.7. The molecule has 0 aromatic heterocycles. The molecule has 0 unspecified atom stereocenters. The molecule has 0 spiro atoms. The van der Waals surface area contributed by atoms with Crippen LogP contribution in [0.2, 0.25) is 0 Å². The van der Waals surface area contributed by atoms with Crippen LogP contribution in [-0.4, -0.2) is 30.4 Å². The summed E-state index contributed by atoms with van der Waals surface area (Å²) in [5.41, 5.74) is 0.719. The lowest BCUT2D eigenvalue weighted by molar-refractivity contribution is -0.140. The molecule has 0 bridgehead atoms. The summed E-state index contributed by atoms with van der Waals surface area (Å²) < 4.78 is 57.5. The van der Waals surface area contributed by atoms with Gasteiger partial charge in [0, 0.05) is 25.1 Å². The van der Waals surface area contributed by atoms with Crippen molar-refractivity contribution in [1.82, 2.24) is 10.2 Å². The van der Waals surface area contributed by atoms with Crippen molar-refractivity contribution in [2.24, 2.45) is 5.92 Å². The Labute approximate surface area is 171 Å². The molecule has 1 fully saturated rings. The van der Waals surface area contributed by atoms with Crippen LogP contribution in [0.15, 0.2) is 36.4 Å². The lowest BCUT2D eigenvalue weighted by Gasteiger charge is -2.33. The number of hydrogen-bond donors (Lipinski definition) is 1. The van der Waals surface area contributed by atoms with Gasteiger partial charge in [0.05, 0.1) is 5.56 Å². The summed E-state index contributed by atoms with van der Waals surface area (Å²) in [6.07, 6.45) is -2.34. The number of piperidine rings is 1. The van der Waals surface area contributed by atoms with E-state index in [1.807, 2.05) is 11.0 Å². The second kappa shape index (κ2) is 8.26. The van der Waals surface area contributed by atoms with Gasteiger partial charge in [-0.25, -0.2) is 4.39 Å². The number of ether oxygens (including phenoxy) is 1. The molecule has 2 aromatic rings. The highest BCUT2D eigenvalue weighted by atomic mass is 19.4. The summed E-state index contributed by atoms with van der Waals surface area (Å²) in [5.74, 6) is -0.791. The van der Waals surface area contributed by atoms with Crippen molar-refractivity contribution < 1.29 is 27.1 Å². The van der Waals surface area contributed by atoms with E-state index in [0.29, 0.717) is 24.9 Å². The van der Waals surface area contributed by atoms with Crippen molar-refractivity contribution in [2.75, 3.05) is 19.6 Å². The maximum absolute atomic E-state index is 13.8. The van der Waals surface area contributed by atoms with Gasteiger partial charge in [-0.2, -0.15) is 13.2 Å². The highest BCUT2D eigenvalue weighted by Gasteiger charge is 2.34. The van der Waals surface area contributed by atoms with Crippen molar-refractivity contribution in [1.29, 1.82) is 0 Å². The van der Waals surface area contributed by atoms with Gasteiger partial charge in [0.2, 0.25) is 5.91 Å². The summed E-state index contributed by atoms with van der Waals surface area (Å²) in [7, 11) is 0. The molecule has 0 aliphatic carbocycles. The van der Waals surface area contributed by atoms with E-state index in [9.17, 15) is 22.4 Å². The zero-order valence-electron chi connectivity index (χ0n) is 16.3. The number of carbonyl (C=O) groups is 1. The molecule has 4 nitrogen and oxygen atoms in total. The summed E-state index contributed by atoms with van der Waals surface area (Å²) in [6, 6.07) is 7.86. The second-order valence-corrected chi connectivity index (χ2v) is 7.71. The number of benzene rings is 2. The number of carbonyl (C=O) groups excluding carboxylic acids is 1. The van der Waals surface area contributed by atoms with Crippen LogP contribution in [0.25, 0.3) is 0 Å². The molecule has 0 radical (unpaired) electrons. The minimum absolute atomic E-state index is 0.0149. The summed E-state index contributed by atoms with van der Waals surface area (Å²) in [5, 5.41) is 3.26. The molecule has 2 aromatic carbocycles. The fourth-order valence-corrected chi connectivity index (χ4v) is 4.04. The maximum Gasteiger partial charge on any atom is 0.419 e. The molecule has 2 heterocycles. The predicted octanol–water partition coefficient (Wildman–Crippen LogP) is 4.52. The smallest absolute Gasteiger partial charge is 0.419 e. The van der Waals surface area contributed by atoms with E-state index in [4.69, 9.17) is 4.74 Å². The molecule has 0 saturated carbocycles. The van der Waals surface area contributed by atoms with Gasteiger partial charge < -0.3 is 15.0 Å². The normalized spacial score (nSPS) is 17.5. The Morgan fingerprint density at radius 1 is 1.03 bits per heavy atom. The number of alkyl halides is 3. The number of rotatable bonds is 3. The van der Waals surface area contributed by atoms with E-state index in [-0.39, 0.29) is 17.6 Å². The van der Waals surface area contributed by atoms with Crippen molar-refractivity contribution in [3.05, 3.63) is 58.9 Å². The van der Waals surface area contributed by atoms with Crippen LogP contribution < -0.4 is 10.1 Å². The Morgan fingerprint density at radius 3 is 2.43 bits per heavy atom. The molecular weight excluding hydrogens is 400 g/mol. The predicted molar refractivity (Wildman–Crippen MR) is 103 cm³/mol. The molecule has 160 valence electrons. The fourth-order valence-electron chi connectivity index (χ4n) is 4.04. The average Bonchev–Trinajstić information content (AvgIpc) is 2.72. The Bertz CT molecular complexity index is 939.